The van der Waals surface area contributed by atoms with Gasteiger partial charge in [0.1, 0.15) is 5.15 Å². The molecule has 0 spiro atoms. The Morgan fingerprint density at radius 2 is 1.83 bits per heavy atom. The molecule has 4 nitrogen and oxygen atoms in total. The highest BCUT2D eigenvalue weighted by molar-refractivity contribution is 6.30. The Balaban J connectivity index is 1.69. The average molecular weight is 402 g/mol. The molecule has 144 valence electrons. The summed E-state index contributed by atoms with van der Waals surface area (Å²) in [7, 11) is 0. The van der Waals surface area contributed by atoms with Crippen LogP contribution >= 0.6 is 11.6 Å². The van der Waals surface area contributed by atoms with Gasteiger partial charge in [0, 0.05) is 36.4 Å². The van der Waals surface area contributed by atoms with Crippen molar-refractivity contribution in [3.63, 3.8) is 0 Å². The largest absolute Gasteiger partial charge is 0.330 e. The molecule has 2 aromatic carbocycles. The maximum atomic E-state index is 13.2. The van der Waals surface area contributed by atoms with Gasteiger partial charge in [-0.25, -0.2) is 4.98 Å². The fourth-order valence-corrected chi connectivity index (χ4v) is 3.49. The second-order valence-corrected chi connectivity index (χ2v) is 7.38. The Morgan fingerprint density at radius 3 is 2.59 bits per heavy atom. The number of fused-ring (bicyclic) bond motifs is 1. The van der Waals surface area contributed by atoms with Gasteiger partial charge in [0.05, 0.1) is 11.1 Å². The molecule has 5 heteroatoms. The monoisotopic (exact) mass is 401 g/mol. The van der Waals surface area contributed by atoms with Crippen LogP contribution in [-0.2, 0) is 13.1 Å². The molecular formula is C24H20ClN3O. The molecule has 2 aromatic heterocycles. The standard InChI is InChI=1S/C24H20ClN3O/c1-17-9-10-19-13-21(23(25)27-22(19)12-17)16-28(15-18-6-3-2-4-7-18)24(29)20-8-5-11-26-14-20/h2-14H,15-16H2,1H3. The highest BCUT2D eigenvalue weighted by Crippen LogP contribution is 2.24. The van der Waals surface area contributed by atoms with Crippen LogP contribution in [0.2, 0.25) is 5.15 Å². The van der Waals surface area contributed by atoms with Crippen LogP contribution in [0.1, 0.15) is 27.0 Å². The van der Waals surface area contributed by atoms with Gasteiger partial charge in [0.25, 0.3) is 5.91 Å². The lowest BCUT2D eigenvalue weighted by molar-refractivity contribution is 0.0729. The zero-order chi connectivity index (χ0) is 20.2. The second-order valence-electron chi connectivity index (χ2n) is 7.02. The van der Waals surface area contributed by atoms with Crippen LogP contribution in [0.4, 0.5) is 0 Å². The predicted molar refractivity (Wildman–Crippen MR) is 116 cm³/mol. The summed E-state index contributed by atoms with van der Waals surface area (Å²) in [4.78, 5) is 23.6. The van der Waals surface area contributed by atoms with Gasteiger partial charge >= 0.3 is 0 Å². The molecular weight excluding hydrogens is 382 g/mol. The minimum Gasteiger partial charge on any atom is -0.330 e. The summed E-state index contributed by atoms with van der Waals surface area (Å²) in [6.07, 6.45) is 3.24. The molecule has 4 rings (SSSR count). The van der Waals surface area contributed by atoms with Gasteiger partial charge in [0.15, 0.2) is 0 Å². The summed E-state index contributed by atoms with van der Waals surface area (Å²) >= 11 is 6.49. The maximum Gasteiger partial charge on any atom is 0.256 e. The molecule has 0 radical (unpaired) electrons. The van der Waals surface area contributed by atoms with Crippen LogP contribution in [0, 0.1) is 6.92 Å². The van der Waals surface area contributed by atoms with Crippen molar-refractivity contribution in [2.45, 2.75) is 20.0 Å². The molecule has 0 saturated heterocycles. The smallest absolute Gasteiger partial charge is 0.256 e. The van der Waals surface area contributed by atoms with Crippen LogP contribution in [0.15, 0.2) is 79.1 Å². The van der Waals surface area contributed by atoms with Gasteiger partial charge in [-0.3, -0.25) is 9.78 Å². The van der Waals surface area contributed by atoms with Crippen LogP contribution in [-0.4, -0.2) is 20.8 Å². The number of hydrogen-bond donors (Lipinski definition) is 0. The summed E-state index contributed by atoms with van der Waals surface area (Å²) in [5.74, 6) is -0.0953. The summed E-state index contributed by atoms with van der Waals surface area (Å²) < 4.78 is 0. The van der Waals surface area contributed by atoms with Crippen molar-refractivity contribution < 1.29 is 4.79 Å². The van der Waals surface area contributed by atoms with Crippen LogP contribution < -0.4 is 0 Å². The van der Waals surface area contributed by atoms with E-state index >= 15 is 0 Å². The number of nitrogens with zero attached hydrogens (tertiary/aromatic N) is 3. The average Bonchev–Trinajstić information content (AvgIpc) is 2.74. The Hall–Kier alpha value is -3.24. The second kappa shape index (κ2) is 8.41. The Bertz CT molecular complexity index is 1150. The lowest BCUT2D eigenvalue weighted by atomic mass is 10.1. The Labute approximate surface area is 174 Å². The first-order valence-corrected chi connectivity index (χ1v) is 9.77. The number of pyridine rings is 2. The van der Waals surface area contributed by atoms with Crippen molar-refractivity contribution >= 4 is 28.4 Å². The molecule has 0 saturated carbocycles. The molecule has 0 N–H and O–H groups in total. The number of aryl methyl sites for hydroxylation is 1. The van der Waals surface area contributed by atoms with Crippen molar-refractivity contribution in [3.05, 3.63) is 107 Å². The summed E-state index contributed by atoms with van der Waals surface area (Å²) in [5, 5.41) is 1.42. The first kappa shape index (κ1) is 19.1. The molecule has 0 bridgehead atoms. The SMILES string of the molecule is Cc1ccc2cc(CN(Cc3ccccc3)C(=O)c3cccnc3)c(Cl)nc2c1. The van der Waals surface area contributed by atoms with Gasteiger partial charge < -0.3 is 4.90 Å². The lowest BCUT2D eigenvalue weighted by Crippen LogP contribution is -2.30. The van der Waals surface area contributed by atoms with E-state index < -0.39 is 0 Å². The quantitative estimate of drug-likeness (QED) is 0.418. The highest BCUT2D eigenvalue weighted by atomic mass is 35.5. The molecule has 0 fully saturated rings. The van der Waals surface area contributed by atoms with E-state index in [1.54, 1.807) is 29.4 Å². The number of hydrogen-bond acceptors (Lipinski definition) is 3. The highest BCUT2D eigenvalue weighted by Gasteiger charge is 2.19. The van der Waals surface area contributed by atoms with E-state index in [0.29, 0.717) is 23.8 Å². The molecule has 1 amide bonds. The molecule has 29 heavy (non-hydrogen) atoms. The molecule has 0 aliphatic carbocycles. The number of carbonyl (C=O) groups is 1. The molecule has 0 aliphatic heterocycles. The topological polar surface area (TPSA) is 46.1 Å². The normalized spacial score (nSPS) is 10.8. The first-order valence-electron chi connectivity index (χ1n) is 9.39. The summed E-state index contributed by atoms with van der Waals surface area (Å²) in [6, 6.07) is 21.5. The molecule has 0 unspecified atom stereocenters. The zero-order valence-electron chi connectivity index (χ0n) is 16.0. The van der Waals surface area contributed by atoms with E-state index in [9.17, 15) is 4.79 Å². The Kier molecular flexibility index (Phi) is 5.54. The van der Waals surface area contributed by atoms with E-state index in [1.807, 2.05) is 61.5 Å². The van der Waals surface area contributed by atoms with Crippen molar-refractivity contribution in [1.29, 1.82) is 0 Å². The van der Waals surface area contributed by atoms with E-state index in [2.05, 4.69) is 9.97 Å². The molecule has 0 atom stereocenters. The number of amides is 1. The summed E-state index contributed by atoms with van der Waals surface area (Å²) in [5.41, 5.74) is 4.39. The van der Waals surface area contributed by atoms with E-state index in [1.165, 1.54) is 0 Å². The number of benzene rings is 2. The molecule has 4 aromatic rings. The van der Waals surface area contributed by atoms with Gasteiger partial charge in [0.2, 0.25) is 0 Å². The molecule has 0 aliphatic rings. The van der Waals surface area contributed by atoms with Crippen molar-refractivity contribution in [3.8, 4) is 0 Å². The van der Waals surface area contributed by atoms with Crippen LogP contribution in [0.5, 0.6) is 0 Å². The minimum atomic E-state index is -0.0953. The van der Waals surface area contributed by atoms with Crippen molar-refractivity contribution in [2.75, 3.05) is 0 Å². The third-order valence-corrected chi connectivity index (χ3v) is 5.10. The minimum absolute atomic E-state index is 0.0953. The third kappa shape index (κ3) is 4.44. The van der Waals surface area contributed by atoms with Crippen molar-refractivity contribution in [1.82, 2.24) is 14.9 Å². The fourth-order valence-electron chi connectivity index (χ4n) is 3.29. The van der Waals surface area contributed by atoms with Crippen molar-refractivity contribution in [2.24, 2.45) is 0 Å². The number of halogens is 1. The number of rotatable bonds is 5. The van der Waals surface area contributed by atoms with E-state index in [0.717, 1.165) is 27.6 Å². The van der Waals surface area contributed by atoms with Gasteiger partial charge in [-0.1, -0.05) is 54.1 Å². The van der Waals surface area contributed by atoms with E-state index in [-0.39, 0.29) is 5.91 Å². The van der Waals surface area contributed by atoms with Crippen LogP contribution in [0.3, 0.4) is 0 Å². The Morgan fingerprint density at radius 1 is 1.00 bits per heavy atom. The third-order valence-electron chi connectivity index (χ3n) is 4.77. The molecule has 2 heterocycles. The van der Waals surface area contributed by atoms with Crippen LogP contribution in [0.25, 0.3) is 10.9 Å². The summed E-state index contributed by atoms with van der Waals surface area (Å²) in [6.45, 7) is 2.85. The number of carbonyl (C=O) groups excluding carboxylic acids is 1. The van der Waals surface area contributed by atoms with E-state index in [4.69, 9.17) is 11.6 Å². The predicted octanol–water partition coefficient (Wildman–Crippen LogP) is 5.43. The van der Waals surface area contributed by atoms with Gasteiger partial charge in [-0.05, 0) is 42.3 Å². The lowest BCUT2D eigenvalue weighted by Gasteiger charge is -2.23. The van der Waals surface area contributed by atoms with Gasteiger partial charge in [-0.2, -0.15) is 0 Å². The fraction of sp³-hybridized carbons (Fsp3) is 0.125. The zero-order valence-corrected chi connectivity index (χ0v) is 16.8. The first-order chi connectivity index (χ1) is 14.1. The number of aromatic nitrogens is 2. The maximum absolute atomic E-state index is 13.2. The van der Waals surface area contributed by atoms with Gasteiger partial charge in [-0.15, -0.1) is 0 Å².